The molecule has 1 aliphatic carbocycles. The number of carbonyl (C=O) groups is 1. The van der Waals surface area contributed by atoms with Crippen LogP contribution >= 0.6 is 0 Å². The van der Waals surface area contributed by atoms with E-state index in [-0.39, 0.29) is 36.1 Å². The number of carbonyl (C=O) groups excluding carboxylic acids is 1. The van der Waals surface area contributed by atoms with Gasteiger partial charge in [0.25, 0.3) is 5.91 Å². The predicted molar refractivity (Wildman–Crippen MR) is 154 cm³/mol. The molecule has 0 aliphatic heterocycles. The van der Waals surface area contributed by atoms with Gasteiger partial charge in [-0.3, -0.25) is 9.78 Å². The lowest BCUT2D eigenvalue weighted by Crippen LogP contribution is -2.29. The lowest BCUT2D eigenvalue weighted by Gasteiger charge is -2.40. The topological polar surface area (TPSA) is 90.3 Å². The molecule has 2 aromatic heterocycles. The third-order valence-corrected chi connectivity index (χ3v) is 7.39. The van der Waals surface area contributed by atoms with Crippen molar-refractivity contribution >= 4 is 28.6 Å². The van der Waals surface area contributed by atoms with Crippen molar-refractivity contribution in [2.75, 3.05) is 11.9 Å². The standard InChI is InChI=1S/C31H33F4N5O3/c1-19-13-21(16-30(2,3)15-19)40-27-11-10-23(42-18-28(41)37-17-26-24(32)5-4-12-36-26)14-25(27)39-29(40)38-20-6-8-22(9-7-20)43-31(33,34)35/h4-12,14,19,21H,13,15-18H2,1-3H3,(H,37,41)(H,38,39)/t19-,21-/m1/s1. The van der Waals surface area contributed by atoms with Gasteiger partial charge < -0.3 is 24.7 Å². The van der Waals surface area contributed by atoms with E-state index >= 15 is 0 Å². The molecule has 43 heavy (non-hydrogen) atoms. The Morgan fingerprint density at radius 1 is 1.09 bits per heavy atom. The molecular weight excluding hydrogens is 566 g/mol. The highest BCUT2D eigenvalue weighted by molar-refractivity contribution is 5.82. The summed E-state index contributed by atoms with van der Waals surface area (Å²) >= 11 is 0. The van der Waals surface area contributed by atoms with E-state index in [1.54, 1.807) is 12.1 Å². The Kier molecular flexibility index (Phi) is 8.48. The number of ether oxygens (including phenoxy) is 2. The first-order valence-electron chi connectivity index (χ1n) is 14.0. The summed E-state index contributed by atoms with van der Waals surface area (Å²) in [6, 6.07) is 13.7. The maximum Gasteiger partial charge on any atom is 0.573 e. The Labute approximate surface area is 246 Å². The van der Waals surface area contributed by atoms with Gasteiger partial charge in [0.05, 0.1) is 23.3 Å². The van der Waals surface area contributed by atoms with E-state index in [1.165, 1.54) is 42.6 Å². The summed E-state index contributed by atoms with van der Waals surface area (Å²) in [7, 11) is 0. The highest BCUT2D eigenvalue weighted by Gasteiger charge is 2.35. The summed E-state index contributed by atoms with van der Waals surface area (Å²) < 4.78 is 63.5. The molecular formula is C31H33F4N5O3. The first-order chi connectivity index (χ1) is 20.3. The van der Waals surface area contributed by atoms with E-state index in [0.717, 1.165) is 24.8 Å². The molecule has 228 valence electrons. The molecule has 12 heteroatoms. The molecule has 1 fully saturated rings. The summed E-state index contributed by atoms with van der Waals surface area (Å²) in [5.74, 6) is 0.198. The van der Waals surface area contributed by atoms with Crippen molar-refractivity contribution in [1.82, 2.24) is 19.9 Å². The van der Waals surface area contributed by atoms with Crippen LogP contribution in [-0.2, 0) is 11.3 Å². The number of aromatic nitrogens is 3. The van der Waals surface area contributed by atoms with Crippen LogP contribution in [0.5, 0.6) is 11.5 Å². The van der Waals surface area contributed by atoms with Crippen molar-refractivity contribution in [1.29, 1.82) is 0 Å². The minimum atomic E-state index is -4.77. The Balaban J connectivity index is 1.36. The minimum Gasteiger partial charge on any atom is -0.484 e. The largest absolute Gasteiger partial charge is 0.573 e. The number of anilines is 2. The van der Waals surface area contributed by atoms with E-state index in [2.05, 4.69) is 45.7 Å². The van der Waals surface area contributed by atoms with Crippen molar-refractivity contribution < 1.29 is 31.8 Å². The number of imidazole rings is 1. The monoisotopic (exact) mass is 599 g/mol. The second kappa shape index (κ2) is 12.1. The SMILES string of the molecule is C[C@@H]1C[C@@H](n2c(Nc3ccc(OC(F)(F)F)cc3)nc3cc(OCC(=O)NCc4ncccc4F)ccc32)CC(C)(C)C1. The molecule has 0 radical (unpaired) electrons. The molecule has 1 amide bonds. The fourth-order valence-electron chi connectivity index (χ4n) is 5.92. The number of fused-ring (bicyclic) bond motifs is 1. The van der Waals surface area contributed by atoms with Gasteiger partial charge in [0.15, 0.2) is 6.61 Å². The van der Waals surface area contributed by atoms with Gasteiger partial charge in [0.2, 0.25) is 5.95 Å². The van der Waals surface area contributed by atoms with Crippen LogP contribution in [0.1, 0.15) is 51.8 Å². The summed E-state index contributed by atoms with van der Waals surface area (Å²) in [4.78, 5) is 21.1. The Bertz CT molecular complexity index is 1590. The van der Waals surface area contributed by atoms with Crippen molar-refractivity contribution in [2.45, 2.75) is 59.0 Å². The minimum absolute atomic E-state index is 0.0627. The number of pyridine rings is 1. The molecule has 0 unspecified atom stereocenters. The van der Waals surface area contributed by atoms with Gasteiger partial charge in [-0.15, -0.1) is 13.2 Å². The first-order valence-corrected chi connectivity index (χ1v) is 14.0. The molecule has 1 aliphatic rings. The van der Waals surface area contributed by atoms with E-state index in [4.69, 9.17) is 9.72 Å². The number of amides is 1. The fraction of sp³-hybridized carbons (Fsp3) is 0.387. The molecule has 2 aromatic carbocycles. The third kappa shape index (κ3) is 7.74. The number of rotatable bonds is 9. The first kappa shape index (κ1) is 30.1. The van der Waals surface area contributed by atoms with Crippen LogP contribution in [0.2, 0.25) is 0 Å². The van der Waals surface area contributed by atoms with Crippen molar-refractivity contribution in [3.63, 3.8) is 0 Å². The zero-order chi connectivity index (χ0) is 30.8. The zero-order valence-corrected chi connectivity index (χ0v) is 24.0. The summed E-state index contributed by atoms with van der Waals surface area (Å²) in [6.45, 7) is 6.39. The zero-order valence-electron chi connectivity index (χ0n) is 24.0. The van der Waals surface area contributed by atoms with Gasteiger partial charge in [-0.2, -0.15) is 0 Å². The van der Waals surface area contributed by atoms with Crippen molar-refractivity contribution in [3.8, 4) is 11.5 Å². The van der Waals surface area contributed by atoms with E-state index < -0.39 is 18.1 Å². The maximum atomic E-state index is 13.8. The summed E-state index contributed by atoms with van der Waals surface area (Å²) in [5.41, 5.74) is 2.28. The Hall–Kier alpha value is -4.35. The molecule has 4 aromatic rings. The highest BCUT2D eigenvalue weighted by atomic mass is 19.4. The lowest BCUT2D eigenvalue weighted by atomic mass is 9.70. The van der Waals surface area contributed by atoms with E-state index in [0.29, 0.717) is 28.8 Å². The number of halogens is 4. The van der Waals surface area contributed by atoms with Crippen LogP contribution < -0.4 is 20.1 Å². The second-order valence-electron chi connectivity index (χ2n) is 11.7. The molecule has 2 N–H and O–H groups in total. The summed E-state index contributed by atoms with van der Waals surface area (Å²) in [6.07, 6.45) is -0.356. The fourth-order valence-corrected chi connectivity index (χ4v) is 5.92. The second-order valence-corrected chi connectivity index (χ2v) is 11.7. The quantitative estimate of drug-likeness (QED) is 0.196. The Morgan fingerprint density at radius 2 is 1.84 bits per heavy atom. The number of nitrogens with zero attached hydrogens (tertiary/aromatic N) is 3. The van der Waals surface area contributed by atoms with Crippen LogP contribution in [0.4, 0.5) is 29.2 Å². The van der Waals surface area contributed by atoms with Crippen molar-refractivity contribution in [2.24, 2.45) is 11.3 Å². The van der Waals surface area contributed by atoms with Gasteiger partial charge in [-0.1, -0.05) is 20.8 Å². The number of nitrogens with one attached hydrogen (secondary N) is 2. The van der Waals surface area contributed by atoms with E-state index in [1.807, 2.05) is 6.07 Å². The van der Waals surface area contributed by atoms with Crippen LogP contribution in [0.25, 0.3) is 11.0 Å². The molecule has 8 nitrogen and oxygen atoms in total. The van der Waals surface area contributed by atoms with Gasteiger partial charge in [-0.25, -0.2) is 9.37 Å². The summed E-state index contributed by atoms with van der Waals surface area (Å²) in [5, 5.41) is 5.86. The van der Waals surface area contributed by atoms with E-state index in [9.17, 15) is 22.4 Å². The average molecular weight is 600 g/mol. The predicted octanol–water partition coefficient (Wildman–Crippen LogP) is 7.30. The molecule has 0 spiro atoms. The van der Waals surface area contributed by atoms with Gasteiger partial charge in [0, 0.05) is 24.0 Å². The molecule has 1 saturated carbocycles. The van der Waals surface area contributed by atoms with Crippen LogP contribution in [0.3, 0.4) is 0 Å². The highest BCUT2D eigenvalue weighted by Crippen LogP contribution is 2.46. The molecule has 5 rings (SSSR count). The lowest BCUT2D eigenvalue weighted by molar-refractivity contribution is -0.274. The molecule has 0 bridgehead atoms. The van der Waals surface area contributed by atoms with Gasteiger partial charge in [-0.05, 0) is 79.1 Å². The maximum absolute atomic E-state index is 13.8. The van der Waals surface area contributed by atoms with Crippen LogP contribution in [0, 0.1) is 17.2 Å². The average Bonchev–Trinajstić information content (AvgIpc) is 3.27. The Morgan fingerprint density at radius 3 is 2.53 bits per heavy atom. The smallest absolute Gasteiger partial charge is 0.484 e. The van der Waals surface area contributed by atoms with Crippen LogP contribution in [-0.4, -0.2) is 33.4 Å². The number of benzene rings is 2. The molecule has 2 heterocycles. The third-order valence-electron chi connectivity index (χ3n) is 7.39. The van der Waals surface area contributed by atoms with Crippen molar-refractivity contribution in [3.05, 3.63) is 72.3 Å². The van der Waals surface area contributed by atoms with Gasteiger partial charge >= 0.3 is 6.36 Å². The van der Waals surface area contributed by atoms with Gasteiger partial charge in [0.1, 0.15) is 17.3 Å². The molecule has 2 atom stereocenters. The number of hydrogen-bond donors (Lipinski definition) is 2. The number of hydrogen-bond acceptors (Lipinski definition) is 6. The van der Waals surface area contributed by atoms with Crippen LogP contribution in [0.15, 0.2) is 60.8 Å². The molecule has 0 saturated heterocycles. The normalized spacial score (nSPS) is 18.3. The number of alkyl halides is 3.